The maximum Gasteiger partial charge on any atom is 0.222 e. The van der Waals surface area contributed by atoms with Crippen LogP contribution in [-0.2, 0) is 12.8 Å². The Bertz CT molecular complexity index is 1070. The molecule has 0 spiro atoms. The average molecular weight is 537 g/mol. The van der Waals surface area contributed by atoms with Crippen molar-refractivity contribution in [3.63, 3.8) is 0 Å². The molecular formula is C29H48N10. The molecule has 4 aliphatic rings. The molecule has 2 aliphatic carbocycles. The number of nitrogens with two attached hydrogens (primary N) is 3. The van der Waals surface area contributed by atoms with Gasteiger partial charge in [-0.05, 0) is 38.0 Å². The van der Waals surface area contributed by atoms with E-state index in [-0.39, 0.29) is 6.04 Å². The van der Waals surface area contributed by atoms with Crippen LogP contribution in [0.15, 0.2) is 12.1 Å². The molecule has 0 aromatic carbocycles. The van der Waals surface area contributed by atoms with E-state index in [2.05, 4.69) is 54.1 Å². The molecule has 2 unspecified atom stereocenters. The Hall–Kier alpha value is -2.72. The van der Waals surface area contributed by atoms with Crippen LogP contribution in [0.5, 0.6) is 0 Å². The molecule has 2 atom stereocenters. The van der Waals surface area contributed by atoms with E-state index in [0.29, 0.717) is 17.9 Å². The second-order valence-electron chi connectivity index (χ2n) is 12.2. The van der Waals surface area contributed by atoms with E-state index >= 15 is 0 Å². The highest BCUT2D eigenvalue weighted by Crippen LogP contribution is 2.30. The van der Waals surface area contributed by atoms with Gasteiger partial charge < -0.3 is 32.3 Å². The van der Waals surface area contributed by atoms with E-state index in [9.17, 15) is 0 Å². The van der Waals surface area contributed by atoms with Gasteiger partial charge in [0.25, 0.3) is 0 Å². The molecule has 0 bridgehead atoms. The lowest BCUT2D eigenvalue weighted by molar-refractivity contribution is 0.481. The SMILES string of the molecule is CC1CN(c2cc(CC3CCCC3)nc(N)n2)CCN1.Nc1nc(CC2CCCC2)cc(N2CCC(N)C2)n1. The van der Waals surface area contributed by atoms with Crippen molar-refractivity contribution in [1.82, 2.24) is 25.3 Å². The molecule has 4 heterocycles. The number of nitrogen functional groups attached to an aromatic ring is 2. The molecule has 0 amide bonds. The van der Waals surface area contributed by atoms with Crippen molar-refractivity contribution >= 4 is 23.5 Å². The van der Waals surface area contributed by atoms with E-state index in [1.165, 1.54) is 51.4 Å². The Balaban J connectivity index is 0.000000158. The van der Waals surface area contributed by atoms with E-state index < -0.39 is 0 Å². The molecule has 4 fully saturated rings. The number of hydrogen-bond donors (Lipinski definition) is 4. The van der Waals surface area contributed by atoms with Gasteiger partial charge in [0.05, 0.1) is 0 Å². The molecule has 2 aliphatic heterocycles. The Morgan fingerprint density at radius 2 is 1.26 bits per heavy atom. The third-order valence-corrected chi connectivity index (χ3v) is 8.75. The molecule has 39 heavy (non-hydrogen) atoms. The number of hydrogen-bond acceptors (Lipinski definition) is 10. The Kier molecular flexibility index (Phi) is 9.34. The van der Waals surface area contributed by atoms with Gasteiger partial charge in [-0.1, -0.05) is 51.4 Å². The van der Waals surface area contributed by atoms with Crippen molar-refractivity contribution in [2.45, 2.75) is 89.6 Å². The second kappa shape index (κ2) is 13.1. The third-order valence-electron chi connectivity index (χ3n) is 8.75. The minimum Gasteiger partial charge on any atom is -0.368 e. The lowest BCUT2D eigenvalue weighted by atomic mass is 10.0. The number of anilines is 4. The minimum atomic E-state index is 0.259. The molecule has 6 rings (SSSR count). The molecule has 2 aromatic heterocycles. The largest absolute Gasteiger partial charge is 0.368 e. The summed E-state index contributed by atoms with van der Waals surface area (Å²) in [6.07, 6.45) is 13.9. The van der Waals surface area contributed by atoms with E-state index in [0.717, 1.165) is 86.8 Å². The highest BCUT2D eigenvalue weighted by molar-refractivity contribution is 5.45. The first-order valence-corrected chi connectivity index (χ1v) is 15.2. The molecule has 0 radical (unpaired) electrons. The van der Waals surface area contributed by atoms with Crippen LogP contribution in [0.25, 0.3) is 0 Å². The summed E-state index contributed by atoms with van der Waals surface area (Å²) >= 11 is 0. The highest BCUT2D eigenvalue weighted by Gasteiger charge is 2.23. The van der Waals surface area contributed by atoms with Gasteiger partial charge in [0.2, 0.25) is 11.9 Å². The quantitative estimate of drug-likeness (QED) is 0.434. The first-order valence-electron chi connectivity index (χ1n) is 15.2. The van der Waals surface area contributed by atoms with Crippen LogP contribution in [-0.4, -0.2) is 64.7 Å². The summed E-state index contributed by atoms with van der Waals surface area (Å²) in [7, 11) is 0. The zero-order chi connectivity index (χ0) is 27.2. The summed E-state index contributed by atoms with van der Waals surface area (Å²) in [5.41, 5.74) is 19.9. The topological polar surface area (TPSA) is 148 Å². The Morgan fingerprint density at radius 3 is 1.72 bits per heavy atom. The molecule has 214 valence electrons. The van der Waals surface area contributed by atoms with Crippen molar-refractivity contribution in [2.75, 3.05) is 54.0 Å². The minimum absolute atomic E-state index is 0.259. The number of nitrogens with one attached hydrogen (secondary N) is 1. The number of nitrogens with zero attached hydrogens (tertiary/aromatic N) is 6. The van der Waals surface area contributed by atoms with Crippen molar-refractivity contribution in [3.05, 3.63) is 23.5 Å². The first-order chi connectivity index (χ1) is 18.9. The fourth-order valence-electron chi connectivity index (χ4n) is 6.70. The van der Waals surface area contributed by atoms with Crippen LogP contribution in [0.1, 0.15) is 76.1 Å². The molecule has 2 saturated carbocycles. The maximum atomic E-state index is 5.95. The number of aromatic nitrogens is 4. The normalized spacial score (nSPS) is 24.3. The summed E-state index contributed by atoms with van der Waals surface area (Å²) in [6, 6.07) is 5.01. The van der Waals surface area contributed by atoms with Gasteiger partial charge in [-0.15, -0.1) is 0 Å². The monoisotopic (exact) mass is 536 g/mol. The number of piperazine rings is 1. The lowest BCUT2D eigenvalue weighted by Crippen LogP contribution is -2.49. The van der Waals surface area contributed by atoms with Crippen molar-refractivity contribution in [1.29, 1.82) is 0 Å². The van der Waals surface area contributed by atoms with E-state index in [1.807, 2.05) is 0 Å². The van der Waals surface area contributed by atoms with Crippen LogP contribution in [0.4, 0.5) is 23.5 Å². The van der Waals surface area contributed by atoms with E-state index in [4.69, 9.17) is 17.2 Å². The highest BCUT2D eigenvalue weighted by atomic mass is 15.3. The fraction of sp³-hybridized carbons (Fsp3) is 0.724. The summed E-state index contributed by atoms with van der Waals surface area (Å²) < 4.78 is 0. The second-order valence-corrected chi connectivity index (χ2v) is 12.2. The van der Waals surface area contributed by atoms with Gasteiger partial charge in [0, 0.05) is 68.3 Å². The predicted molar refractivity (Wildman–Crippen MR) is 159 cm³/mol. The Labute approximate surface area is 233 Å². The predicted octanol–water partition coefficient (Wildman–Crippen LogP) is 2.92. The molecule has 10 nitrogen and oxygen atoms in total. The molecule has 2 aromatic rings. The van der Waals surface area contributed by atoms with Crippen LogP contribution in [0, 0.1) is 11.8 Å². The van der Waals surface area contributed by atoms with Gasteiger partial charge in [-0.2, -0.15) is 9.97 Å². The summed E-state index contributed by atoms with van der Waals surface area (Å²) in [5, 5.41) is 3.45. The summed E-state index contributed by atoms with van der Waals surface area (Å²) in [4.78, 5) is 22.2. The number of rotatable bonds is 6. The zero-order valence-electron chi connectivity index (χ0n) is 23.7. The van der Waals surface area contributed by atoms with Crippen molar-refractivity contribution in [3.8, 4) is 0 Å². The van der Waals surface area contributed by atoms with Gasteiger partial charge in [0.15, 0.2) is 0 Å². The smallest absolute Gasteiger partial charge is 0.222 e. The van der Waals surface area contributed by atoms with Crippen LogP contribution >= 0.6 is 0 Å². The fourth-order valence-corrected chi connectivity index (χ4v) is 6.70. The zero-order valence-corrected chi connectivity index (χ0v) is 23.7. The van der Waals surface area contributed by atoms with Crippen molar-refractivity contribution < 1.29 is 0 Å². The third kappa shape index (κ3) is 7.91. The standard InChI is InChI=1S/C15H25N5.C14H23N5/c1-11-10-20(7-6-17-11)14-9-13(18-15(16)19-14)8-12-4-2-3-5-12;15-11-5-6-19(9-11)13-8-12(17-14(16)18-13)7-10-3-1-2-4-10/h9,11-12,17H,2-8,10H2,1H3,(H2,16,18,19);8,10-11H,1-7,9,15H2,(H2,16,17,18). The van der Waals surface area contributed by atoms with Crippen LogP contribution in [0.3, 0.4) is 0 Å². The first kappa shape index (κ1) is 27.8. The van der Waals surface area contributed by atoms with Crippen LogP contribution in [0.2, 0.25) is 0 Å². The van der Waals surface area contributed by atoms with Crippen LogP contribution < -0.4 is 32.3 Å². The van der Waals surface area contributed by atoms with Crippen molar-refractivity contribution in [2.24, 2.45) is 17.6 Å². The van der Waals surface area contributed by atoms with Gasteiger partial charge in [-0.3, -0.25) is 0 Å². The van der Waals surface area contributed by atoms with Gasteiger partial charge in [0.1, 0.15) is 11.6 Å². The molecule has 10 heteroatoms. The average Bonchev–Trinajstić information content (AvgIpc) is 3.68. The maximum absolute atomic E-state index is 5.95. The molecule has 7 N–H and O–H groups in total. The van der Waals surface area contributed by atoms with E-state index in [1.54, 1.807) is 0 Å². The van der Waals surface area contributed by atoms with Gasteiger partial charge >= 0.3 is 0 Å². The Morgan fingerprint density at radius 1 is 0.744 bits per heavy atom. The van der Waals surface area contributed by atoms with Gasteiger partial charge in [-0.25, -0.2) is 9.97 Å². The summed E-state index contributed by atoms with van der Waals surface area (Å²) in [6.45, 7) is 7.03. The molecule has 2 saturated heterocycles. The molecular weight excluding hydrogens is 488 g/mol. The summed E-state index contributed by atoms with van der Waals surface area (Å²) in [5.74, 6) is 4.34. The lowest BCUT2D eigenvalue weighted by Gasteiger charge is -2.33.